The van der Waals surface area contributed by atoms with Gasteiger partial charge in [-0.25, -0.2) is 4.39 Å². The van der Waals surface area contributed by atoms with E-state index < -0.39 is 0 Å². The maximum Gasteiger partial charge on any atom is 0.302 e. The Labute approximate surface area is 228 Å². The first-order chi connectivity index (χ1) is 18.0. The second-order valence-corrected chi connectivity index (χ2v) is 12.6. The first kappa shape index (κ1) is 28.6. The smallest absolute Gasteiger partial charge is 0.302 e. The van der Waals surface area contributed by atoms with E-state index in [1.165, 1.54) is 24.6 Å². The number of rotatable bonds is 8. The number of hydrogen-bond acceptors (Lipinski definition) is 4. The Hall–Kier alpha value is -2.37. The maximum atomic E-state index is 14.2. The van der Waals surface area contributed by atoms with Crippen LogP contribution in [0.15, 0.2) is 36.4 Å². The zero-order chi connectivity index (χ0) is 27.5. The zero-order valence-corrected chi connectivity index (χ0v) is 23.9. The molecule has 0 aromatic heterocycles. The van der Waals surface area contributed by atoms with Crippen LogP contribution in [0.5, 0.6) is 0 Å². The molecule has 5 nitrogen and oxygen atoms in total. The summed E-state index contributed by atoms with van der Waals surface area (Å²) in [6, 6.07) is 6.66. The fourth-order valence-electron chi connectivity index (χ4n) is 7.92. The fraction of sp³-hybridized carbons (Fsp3) is 0.688. The van der Waals surface area contributed by atoms with E-state index in [1.54, 1.807) is 0 Å². The Bertz CT molecular complexity index is 1000. The highest BCUT2D eigenvalue weighted by Gasteiger charge is 2.57. The summed E-state index contributed by atoms with van der Waals surface area (Å²) in [6.45, 7) is 16.4. The van der Waals surface area contributed by atoms with Crippen LogP contribution >= 0.6 is 0 Å². The molecular weight excluding hydrogens is 479 g/mol. The third kappa shape index (κ3) is 5.94. The van der Waals surface area contributed by atoms with Crippen LogP contribution in [0, 0.1) is 34.4 Å². The molecule has 1 saturated heterocycles. The molecule has 3 aliphatic rings. The first-order valence-corrected chi connectivity index (χ1v) is 14.7. The van der Waals surface area contributed by atoms with Crippen molar-refractivity contribution in [2.24, 2.45) is 28.6 Å². The van der Waals surface area contributed by atoms with E-state index >= 15 is 0 Å². The molecule has 6 heteroatoms. The first-order valence-electron chi connectivity index (χ1n) is 14.7. The number of anilines is 1. The van der Waals surface area contributed by atoms with Crippen molar-refractivity contribution >= 4 is 17.6 Å². The fourth-order valence-corrected chi connectivity index (χ4v) is 7.92. The molecule has 210 valence electrons. The van der Waals surface area contributed by atoms with Crippen molar-refractivity contribution in [3.63, 3.8) is 0 Å². The third-order valence-electron chi connectivity index (χ3n) is 10.1. The lowest BCUT2D eigenvalue weighted by molar-refractivity contribution is -0.157. The summed E-state index contributed by atoms with van der Waals surface area (Å²) in [7, 11) is 0. The molecule has 1 aromatic rings. The van der Waals surface area contributed by atoms with Crippen molar-refractivity contribution in [1.82, 2.24) is 4.90 Å². The van der Waals surface area contributed by atoms with Crippen LogP contribution in [0.2, 0.25) is 0 Å². The molecule has 38 heavy (non-hydrogen) atoms. The summed E-state index contributed by atoms with van der Waals surface area (Å²) in [5.74, 6) is 1.17. The molecule has 1 aliphatic heterocycles. The number of piperazine rings is 1. The van der Waals surface area contributed by atoms with Gasteiger partial charge in [0.1, 0.15) is 5.82 Å². The standard InChI is InChI=1S/C32H47FN2O3/c1-23(15-22-38-25(3)36)7-13-28-24(2)8-14-29-31(28,4)16-6-17-32(29,5)30(37)35-20-18-34(19-21-35)27-11-9-26(33)10-12-27/h9-12,23,28-29H,2,6-8,13-22H2,1,3-5H3/t23-,28-,29+,31+,32-/m0/s1. The normalized spacial score (nSPS) is 30.5. The summed E-state index contributed by atoms with van der Waals surface area (Å²) in [6.07, 6.45) is 8.32. The number of nitrogens with zero attached hydrogens (tertiary/aromatic N) is 2. The number of carbonyl (C=O) groups excluding carboxylic acids is 2. The second-order valence-electron chi connectivity index (χ2n) is 12.6. The lowest BCUT2D eigenvalue weighted by Gasteiger charge is -2.59. The van der Waals surface area contributed by atoms with Gasteiger partial charge in [-0.05, 0) is 92.4 Å². The highest BCUT2D eigenvalue weighted by Crippen LogP contribution is 2.62. The largest absolute Gasteiger partial charge is 0.466 e. The predicted molar refractivity (Wildman–Crippen MR) is 150 cm³/mol. The Morgan fingerprint density at radius 1 is 1.11 bits per heavy atom. The average molecular weight is 527 g/mol. The molecule has 1 heterocycles. The minimum absolute atomic E-state index is 0.0868. The van der Waals surface area contributed by atoms with Crippen LogP contribution in [-0.4, -0.2) is 49.6 Å². The lowest BCUT2D eigenvalue weighted by atomic mass is 9.46. The van der Waals surface area contributed by atoms with Crippen molar-refractivity contribution in [2.45, 2.75) is 79.1 Å². The molecule has 2 aliphatic carbocycles. The third-order valence-corrected chi connectivity index (χ3v) is 10.1. The Kier molecular flexibility index (Phi) is 8.89. The van der Waals surface area contributed by atoms with E-state index in [0.717, 1.165) is 70.1 Å². The van der Waals surface area contributed by atoms with Crippen molar-refractivity contribution in [1.29, 1.82) is 0 Å². The summed E-state index contributed by atoms with van der Waals surface area (Å²) in [4.78, 5) is 29.6. The van der Waals surface area contributed by atoms with Crippen molar-refractivity contribution < 1.29 is 18.7 Å². The van der Waals surface area contributed by atoms with Crippen molar-refractivity contribution in [3.8, 4) is 0 Å². The number of ether oxygens (including phenoxy) is 1. The van der Waals surface area contributed by atoms with Gasteiger partial charge in [-0.3, -0.25) is 9.59 Å². The molecule has 0 unspecified atom stereocenters. The van der Waals surface area contributed by atoms with Crippen LogP contribution in [0.25, 0.3) is 0 Å². The van der Waals surface area contributed by atoms with Gasteiger partial charge in [-0.2, -0.15) is 0 Å². The van der Waals surface area contributed by atoms with E-state index in [-0.39, 0.29) is 22.6 Å². The number of amides is 1. The van der Waals surface area contributed by atoms with Gasteiger partial charge in [-0.15, -0.1) is 0 Å². The molecule has 2 saturated carbocycles. The van der Waals surface area contributed by atoms with Crippen LogP contribution in [0.1, 0.15) is 79.1 Å². The molecule has 0 bridgehead atoms. The molecule has 0 N–H and O–H groups in total. The molecular formula is C32H47FN2O3. The van der Waals surface area contributed by atoms with Crippen LogP contribution in [-0.2, 0) is 14.3 Å². The lowest BCUT2D eigenvalue weighted by Crippen LogP contribution is -2.59. The second kappa shape index (κ2) is 11.8. The van der Waals surface area contributed by atoms with E-state index in [0.29, 0.717) is 43.4 Å². The summed E-state index contributed by atoms with van der Waals surface area (Å²) < 4.78 is 18.5. The average Bonchev–Trinajstić information content (AvgIpc) is 2.88. The molecule has 0 spiro atoms. The minimum Gasteiger partial charge on any atom is -0.466 e. The predicted octanol–water partition coefficient (Wildman–Crippen LogP) is 6.62. The van der Waals surface area contributed by atoms with E-state index in [4.69, 9.17) is 4.74 Å². The molecule has 4 rings (SSSR count). The SMILES string of the molecule is C=C1CC[C@@H]2[C@](C)(CCC[C@]2(C)C(=O)N2CCN(c3ccc(F)cc3)CC2)[C@H]1CC[C@H](C)CCOC(C)=O. The van der Waals surface area contributed by atoms with Gasteiger partial charge in [0.2, 0.25) is 5.91 Å². The van der Waals surface area contributed by atoms with E-state index in [1.807, 2.05) is 12.1 Å². The highest BCUT2D eigenvalue weighted by molar-refractivity contribution is 5.83. The van der Waals surface area contributed by atoms with Crippen LogP contribution in [0.3, 0.4) is 0 Å². The number of carbonyl (C=O) groups is 2. The summed E-state index contributed by atoms with van der Waals surface area (Å²) >= 11 is 0. The molecule has 0 radical (unpaired) electrons. The van der Waals surface area contributed by atoms with Gasteiger partial charge in [0, 0.05) is 44.2 Å². The molecule has 1 aromatic carbocycles. The van der Waals surface area contributed by atoms with Gasteiger partial charge in [0.25, 0.3) is 0 Å². The van der Waals surface area contributed by atoms with Gasteiger partial charge < -0.3 is 14.5 Å². The number of esters is 1. The molecule has 1 amide bonds. The Balaban J connectivity index is 1.41. The summed E-state index contributed by atoms with van der Waals surface area (Å²) in [5, 5.41) is 0. The minimum atomic E-state index is -0.342. The van der Waals surface area contributed by atoms with Crippen LogP contribution < -0.4 is 4.90 Å². The maximum absolute atomic E-state index is 14.2. The highest BCUT2D eigenvalue weighted by atomic mass is 19.1. The number of benzene rings is 1. The Morgan fingerprint density at radius 2 is 1.79 bits per heavy atom. The number of halogens is 1. The van der Waals surface area contributed by atoms with Crippen molar-refractivity contribution in [2.75, 3.05) is 37.7 Å². The molecule has 3 fully saturated rings. The van der Waals surface area contributed by atoms with Crippen LogP contribution in [0.4, 0.5) is 10.1 Å². The number of hydrogen-bond donors (Lipinski definition) is 0. The quantitative estimate of drug-likeness (QED) is 0.282. The van der Waals surface area contributed by atoms with Gasteiger partial charge in [0.05, 0.1) is 6.61 Å². The van der Waals surface area contributed by atoms with E-state index in [9.17, 15) is 14.0 Å². The monoisotopic (exact) mass is 526 g/mol. The van der Waals surface area contributed by atoms with Crippen molar-refractivity contribution in [3.05, 3.63) is 42.2 Å². The number of allylic oxidation sites excluding steroid dienone is 1. The van der Waals surface area contributed by atoms with E-state index in [2.05, 4.69) is 37.1 Å². The summed E-state index contributed by atoms with van der Waals surface area (Å²) in [5.41, 5.74) is 2.13. The zero-order valence-electron chi connectivity index (χ0n) is 23.9. The topological polar surface area (TPSA) is 49.9 Å². The Morgan fingerprint density at radius 3 is 2.45 bits per heavy atom. The van der Waals surface area contributed by atoms with Gasteiger partial charge in [-0.1, -0.05) is 39.3 Å². The molecule has 5 atom stereocenters. The van der Waals surface area contributed by atoms with Gasteiger partial charge in [0.15, 0.2) is 0 Å². The number of fused-ring (bicyclic) bond motifs is 1. The van der Waals surface area contributed by atoms with Gasteiger partial charge >= 0.3 is 5.97 Å².